The van der Waals surface area contributed by atoms with Crippen LogP contribution in [0.4, 0.5) is 0 Å². The summed E-state index contributed by atoms with van der Waals surface area (Å²) in [7, 11) is 0. The minimum absolute atomic E-state index is 0.100. The highest BCUT2D eigenvalue weighted by atomic mass is 35.5. The van der Waals surface area contributed by atoms with Crippen molar-refractivity contribution >= 4 is 51.5 Å². The Labute approximate surface area is 156 Å². The van der Waals surface area contributed by atoms with E-state index in [1.54, 1.807) is 24.3 Å². The van der Waals surface area contributed by atoms with E-state index in [2.05, 4.69) is 15.1 Å². The molecule has 9 heteroatoms. The van der Waals surface area contributed by atoms with Gasteiger partial charge in [0.15, 0.2) is 5.69 Å². The Bertz CT molecular complexity index is 1050. The SMILES string of the molecule is N/N=C(\c1nc2ccc(Cl)cc2[nH]c1=O)[C@H](O)c1ccc(Cl)c(Cl)c1. The van der Waals surface area contributed by atoms with E-state index in [4.69, 9.17) is 40.6 Å². The Balaban J connectivity index is 2.10. The predicted octanol–water partition coefficient (Wildman–Crippen LogP) is 3.28. The highest BCUT2D eigenvalue weighted by Crippen LogP contribution is 2.27. The van der Waals surface area contributed by atoms with Crippen LogP contribution in [-0.4, -0.2) is 20.8 Å². The maximum atomic E-state index is 12.3. The van der Waals surface area contributed by atoms with Gasteiger partial charge in [0.1, 0.15) is 11.8 Å². The molecule has 0 radical (unpaired) electrons. The Morgan fingerprint density at radius 1 is 1.16 bits per heavy atom. The van der Waals surface area contributed by atoms with Gasteiger partial charge in [0.2, 0.25) is 0 Å². The molecule has 0 fully saturated rings. The second kappa shape index (κ2) is 7.01. The number of aromatic amines is 1. The van der Waals surface area contributed by atoms with Crippen molar-refractivity contribution in [3.63, 3.8) is 0 Å². The number of nitrogens with zero attached hydrogens (tertiary/aromatic N) is 2. The van der Waals surface area contributed by atoms with E-state index in [0.29, 0.717) is 26.6 Å². The molecular weight excluding hydrogens is 387 g/mol. The fraction of sp³-hybridized carbons (Fsp3) is 0.0625. The topological polar surface area (TPSA) is 104 Å². The quantitative estimate of drug-likeness (QED) is 0.358. The van der Waals surface area contributed by atoms with Crippen molar-refractivity contribution < 1.29 is 5.11 Å². The summed E-state index contributed by atoms with van der Waals surface area (Å²) in [6.07, 6.45) is -1.31. The standard InChI is InChI=1S/C16H11Cl3N4O2/c17-8-2-4-11-12(6-8)22-16(25)14(21-11)13(23-20)15(24)7-1-3-9(18)10(19)5-7/h1-6,15,24H,20H2,(H,22,25)/b23-13+/t15-/m1/s1. The molecule has 1 heterocycles. The Hall–Kier alpha value is -2.12. The zero-order chi connectivity index (χ0) is 18.1. The molecule has 128 valence electrons. The minimum Gasteiger partial charge on any atom is -0.382 e. The van der Waals surface area contributed by atoms with Gasteiger partial charge in [-0.1, -0.05) is 40.9 Å². The fourth-order valence-electron chi connectivity index (χ4n) is 2.33. The average molecular weight is 398 g/mol. The Kier molecular flexibility index (Phi) is 4.96. The van der Waals surface area contributed by atoms with Gasteiger partial charge < -0.3 is 15.9 Å². The number of aromatic nitrogens is 2. The van der Waals surface area contributed by atoms with Gasteiger partial charge in [0.05, 0.1) is 21.1 Å². The lowest BCUT2D eigenvalue weighted by Crippen LogP contribution is -2.26. The van der Waals surface area contributed by atoms with Crippen molar-refractivity contribution in [3.8, 4) is 0 Å². The normalized spacial score (nSPS) is 13.2. The molecule has 4 N–H and O–H groups in total. The number of hydrogen-bond donors (Lipinski definition) is 3. The number of rotatable bonds is 3. The molecule has 0 unspecified atom stereocenters. The second-order valence-corrected chi connectivity index (χ2v) is 6.42. The summed E-state index contributed by atoms with van der Waals surface area (Å²) in [6.45, 7) is 0. The number of nitrogens with one attached hydrogen (secondary N) is 1. The summed E-state index contributed by atoms with van der Waals surface area (Å²) in [4.78, 5) is 19.2. The van der Waals surface area contributed by atoms with Crippen molar-refractivity contribution in [1.29, 1.82) is 0 Å². The summed E-state index contributed by atoms with van der Waals surface area (Å²) >= 11 is 17.7. The molecule has 0 aliphatic heterocycles. The van der Waals surface area contributed by atoms with Gasteiger partial charge in [-0.25, -0.2) is 4.98 Å². The molecule has 3 aromatic rings. The number of H-pyrrole nitrogens is 1. The van der Waals surface area contributed by atoms with E-state index in [1.807, 2.05) is 0 Å². The number of aliphatic hydroxyl groups is 1. The summed E-state index contributed by atoms with van der Waals surface area (Å²) in [6, 6.07) is 9.39. The largest absolute Gasteiger partial charge is 0.382 e. The van der Waals surface area contributed by atoms with Crippen LogP contribution in [0.25, 0.3) is 11.0 Å². The summed E-state index contributed by atoms with van der Waals surface area (Å²) < 4.78 is 0. The molecule has 0 saturated carbocycles. The molecule has 25 heavy (non-hydrogen) atoms. The van der Waals surface area contributed by atoms with Gasteiger partial charge in [-0.15, -0.1) is 0 Å². The number of aliphatic hydroxyl groups excluding tert-OH is 1. The van der Waals surface area contributed by atoms with Crippen LogP contribution in [0.2, 0.25) is 15.1 Å². The lowest BCUT2D eigenvalue weighted by atomic mass is 10.0. The lowest BCUT2D eigenvalue weighted by Gasteiger charge is -2.13. The zero-order valence-corrected chi connectivity index (χ0v) is 14.8. The lowest BCUT2D eigenvalue weighted by molar-refractivity contribution is 0.247. The molecule has 0 aliphatic carbocycles. The van der Waals surface area contributed by atoms with E-state index in [9.17, 15) is 9.90 Å². The molecule has 0 aliphatic rings. The monoisotopic (exact) mass is 396 g/mol. The highest BCUT2D eigenvalue weighted by molar-refractivity contribution is 6.42. The number of halogens is 3. The first kappa shape index (κ1) is 17.7. The van der Waals surface area contributed by atoms with Crippen LogP contribution in [0, 0.1) is 0 Å². The fourth-order valence-corrected chi connectivity index (χ4v) is 2.81. The number of fused-ring (bicyclic) bond motifs is 1. The van der Waals surface area contributed by atoms with Crippen LogP contribution in [0.1, 0.15) is 17.4 Å². The minimum atomic E-state index is -1.31. The van der Waals surface area contributed by atoms with Crippen molar-refractivity contribution in [2.45, 2.75) is 6.10 Å². The Morgan fingerprint density at radius 3 is 2.60 bits per heavy atom. The zero-order valence-electron chi connectivity index (χ0n) is 12.5. The van der Waals surface area contributed by atoms with Crippen LogP contribution < -0.4 is 11.4 Å². The first-order chi connectivity index (χ1) is 11.9. The van der Waals surface area contributed by atoms with Gasteiger partial charge in [-0.3, -0.25) is 4.79 Å². The van der Waals surface area contributed by atoms with E-state index in [-0.39, 0.29) is 16.4 Å². The molecular formula is C16H11Cl3N4O2. The van der Waals surface area contributed by atoms with Crippen LogP contribution in [0.15, 0.2) is 46.3 Å². The molecule has 1 atom stereocenters. The van der Waals surface area contributed by atoms with Crippen molar-refractivity contribution in [2.24, 2.45) is 10.9 Å². The number of nitrogens with two attached hydrogens (primary N) is 1. The number of hydrogen-bond acceptors (Lipinski definition) is 5. The predicted molar refractivity (Wildman–Crippen MR) is 99.5 cm³/mol. The van der Waals surface area contributed by atoms with Crippen molar-refractivity contribution in [2.75, 3.05) is 0 Å². The van der Waals surface area contributed by atoms with E-state index >= 15 is 0 Å². The second-order valence-electron chi connectivity index (χ2n) is 5.17. The third-order valence-electron chi connectivity index (χ3n) is 3.55. The number of benzene rings is 2. The van der Waals surface area contributed by atoms with Crippen LogP contribution in [0.5, 0.6) is 0 Å². The summed E-state index contributed by atoms with van der Waals surface area (Å²) in [5, 5.41) is 15.2. The molecule has 2 aromatic carbocycles. The summed E-state index contributed by atoms with van der Waals surface area (Å²) in [5.41, 5.74) is 0.546. The van der Waals surface area contributed by atoms with E-state index < -0.39 is 11.7 Å². The van der Waals surface area contributed by atoms with Crippen LogP contribution >= 0.6 is 34.8 Å². The van der Waals surface area contributed by atoms with Gasteiger partial charge in [-0.05, 0) is 35.9 Å². The van der Waals surface area contributed by atoms with Crippen molar-refractivity contribution in [1.82, 2.24) is 9.97 Å². The number of hydrazone groups is 1. The molecule has 0 spiro atoms. The third-order valence-corrected chi connectivity index (χ3v) is 4.53. The van der Waals surface area contributed by atoms with Crippen LogP contribution in [-0.2, 0) is 0 Å². The smallest absolute Gasteiger partial charge is 0.276 e. The van der Waals surface area contributed by atoms with Gasteiger partial charge in [-0.2, -0.15) is 5.10 Å². The highest BCUT2D eigenvalue weighted by Gasteiger charge is 2.22. The van der Waals surface area contributed by atoms with Crippen LogP contribution in [0.3, 0.4) is 0 Å². The Morgan fingerprint density at radius 2 is 1.92 bits per heavy atom. The molecule has 0 saturated heterocycles. The molecule has 3 rings (SSSR count). The first-order valence-electron chi connectivity index (χ1n) is 7.01. The van der Waals surface area contributed by atoms with Gasteiger partial charge >= 0.3 is 0 Å². The molecule has 0 bridgehead atoms. The van der Waals surface area contributed by atoms with Gasteiger partial charge in [0, 0.05) is 5.02 Å². The first-order valence-corrected chi connectivity index (χ1v) is 8.15. The van der Waals surface area contributed by atoms with E-state index in [0.717, 1.165) is 0 Å². The molecule has 1 aromatic heterocycles. The maximum Gasteiger partial charge on any atom is 0.276 e. The average Bonchev–Trinajstić information content (AvgIpc) is 2.58. The molecule has 6 nitrogen and oxygen atoms in total. The summed E-state index contributed by atoms with van der Waals surface area (Å²) in [5.74, 6) is 5.40. The third kappa shape index (κ3) is 3.48. The van der Waals surface area contributed by atoms with Gasteiger partial charge in [0.25, 0.3) is 5.56 Å². The molecule has 0 amide bonds. The van der Waals surface area contributed by atoms with Crippen molar-refractivity contribution in [3.05, 3.63) is 73.1 Å². The maximum absolute atomic E-state index is 12.3. The van der Waals surface area contributed by atoms with E-state index in [1.165, 1.54) is 12.1 Å².